The number of rotatable bonds is 5. The maximum Gasteiger partial charge on any atom is 0.233 e. The molecule has 4 heteroatoms. The number of hydrogen-bond donors (Lipinski definition) is 2. The Kier molecular flexibility index (Phi) is 6.24. The third kappa shape index (κ3) is 4.82. The van der Waals surface area contributed by atoms with Crippen LogP contribution in [0.15, 0.2) is 11.6 Å². The van der Waals surface area contributed by atoms with Crippen molar-refractivity contribution in [2.75, 3.05) is 33.2 Å². The maximum absolute atomic E-state index is 11.4. The highest BCUT2D eigenvalue weighted by atomic mass is 16.1. The maximum atomic E-state index is 11.4. The van der Waals surface area contributed by atoms with Gasteiger partial charge in [0.25, 0.3) is 0 Å². The Bertz CT molecular complexity index is 372. The molecular formula is C17H31N3O. The number of nitrogens with one attached hydrogen (secondary N) is 2. The van der Waals surface area contributed by atoms with E-state index in [2.05, 4.69) is 35.5 Å². The van der Waals surface area contributed by atoms with Gasteiger partial charge in [-0.15, -0.1) is 0 Å². The first-order chi connectivity index (χ1) is 10.1. The second kappa shape index (κ2) is 7.95. The molecule has 0 saturated carbocycles. The zero-order valence-electron chi connectivity index (χ0n) is 13.8. The molecule has 0 aromatic carbocycles. The Hall–Kier alpha value is -0.870. The fourth-order valence-corrected chi connectivity index (χ4v) is 3.61. The number of amides is 1. The van der Waals surface area contributed by atoms with E-state index in [1.54, 1.807) is 12.6 Å². The number of allylic oxidation sites excluding steroid dienone is 1. The minimum absolute atomic E-state index is 0.123. The number of likely N-dealkylation sites (tertiary alicyclic amines) is 1. The third-order valence-electron chi connectivity index (χ3n) is 5.22. The average molecular weight is 293 g/mol. The van der Waals surface area contributed by atoms with Crippen molar-refractivity contribution < 1.29 is 4.79 Å². The number of likely N-dealkylation sites (N-methyl/N-ethyl adjacent to an activating group) is 1. The van der Waals surface area contributed by atoms with E-state index in [1.165, 1.54) is 12.8 Å². The van der Waals surface area contributed by atoms with Crippen LogP contribution in [0.3, 0.4) is 0 Å². The van der Waals surface area contributed by atoms with Crippen molar-refractivity contribution in [3.8, 4) is 0 Å². The van der Waals surface area contributed by atoms with Crippen molar-refractivity contribution in [3.63, 3.8) is 0 Å². The van der Waals surface area contributed by atoms with Gasteiger partial charge < -0.3 is 10.6 Å². The van der Waals surface area contributed by atoms with E-state index in [0.717, 1.165) is 38.4 Å². The van der Waals surface area contributed by atoms with E-state index in [4.69, 9.17) is 0 Å². The SMILES string of the molecule is CNC(=O)CN1CCC(NC[C@@H]2C(C)=CCC[C@@H]2C)CC1. The molecule has 120 valence electrons. The molecule has 0 aromatic rings. The molecule has 21 heavy (non-hydrogen) atoms. The van der Waals surface area contributed by atoms with Gasteiger partial charge in [-0.2, -0.15) is 0 Å². The molecule has 1 aliphatic heterocycles. The highest BCUT2D eigenvalue weighted by Crippen LogP contribution is 2.29. The lowest BCUT2D eigenvalue weighted by molar-refractivity contribution is -0.122. The van der Waals surface area contributed by atoms with E-state index in [0.29, 0.717) is 18.5 Å². The molecule has 1 saturated heterocycles. The molecule has 0 spiro atoms. The first-order valence-corrected chi connectivity index (χ1v) is 8.43. The molecule has 2 aliphatic rings. The van der Waals surface area contributed by atoms with E-state index in [9.17, 15) is 4.79 Å². The van der Waals surface area contributed by atoms with E-state index < -0.39 is 0 Å². The van der Waals surface area contributed by atoms with E-state index in [1.807, 2.05) is 0 Å². The summed E-state index contributed by atoms with van der Waals surface area (Å²) in [6, 6.07) is 0.618. The summed E-state index contributed by atoms with van der Waals surface area (Å²) in [5.41, 5.74) is 1.57. The normalized spacial score (nSPS) is 28.2. The van der Waals surface area contributed by atoms with Gasteiger partial charge in [0.2, 0.25) is 5.91 Å². The average Bonchev–Trinajstić information content (AvgIpc) is 2.48. The zero-order valence-corrected chi connectivity index (χ0v) is 13.8. The summed E-state index contributed by atoms with van der Waals surface area (Å²) in [5.74, 6) is 1.64. The van der Waals surface area contributed by atoms with Crippen molar-refractivity contribution >= 4 is 5.91 Å². The van der Waals surface area contributed by atoms with Crippen LogP contribution < -0.4 is 10.6 Å². The van der Waals surface area contributed by atoms with Gasteiger partial charge in [-0.1, -0.05) is 18.6 Å². The molecule has 2 N–H and O–H groups in total. The minimum atomic E-state index is 0.123. The molecular weight excluding hydrogens is 262 g/mol. The first-order valence-electron chi connectivity index (χ1n) is 8.43. The highest BCUT2D eigenvalue weighted by molar-refractivity contribution is 5.77. The molecule has 0 unspecified atom stereocenters. The molecule has 1 amide bonds. The molecule has 4 nitrogen and oxygen atoms in total. The second-order valence-electron chi connectivity index (χ2n) is 6.74. The Morgan fingerprint density at radius 1 is 1.33 bits per heavy atom. The summed E-state index contributed by atoms with van der Waals surface area (Å²) in [7, 11) is 1.71. The van der Waals surface area contributed by atoms with Crippen LogP contribution in [0.1, 0.15) is 39.5 Å². The van der Waals surface area contributed by atoms with Crippen LogP contribution in [-0.4, -0.2) is 50.1 Å². The van der Waals surface area contributed by atoms with Gasteiger partial charge in [0.05, 0.1) is 6.54 Å². The minimum Gasteiger partial charge on any atom is -0.358 e. The molecule has 1 aliphatic carbocycles. The van der Waals surface area contributed by atoms with Gasteiger partial charge in [0.15, 0.2) is 0 Å². The smallest absolute Gasteiger partial charge is 0.233 e. The monoisotopic (exact) mass is 293 g/mol. The fraction of sp³-hybridized carbons (Fsp3) is 0.824. The van der Waals surface area contributed by atoms with E-state index >= 15 is 0 Å². The van der Waals surface area contributed by atoms with Crippen LogP contribution >= 0.6 is 0 Å². The third-order valence-corrected chi connectivity index (χ3v) is 5.22. The van der Waals surface area contributed by atoms with Crippen LogP contribution in [0, 0.1) is 11.8 Å². The van der Waals surface area contributed by atoms with Gasteiger partial charge in [-0.25, -0.2) is 0 Å². The number of hydrogen-bond acceptors (Lipinski definition) is 3. The Morgan fingerprint density at radius 2 is 2.05 bits per heavy atom. The van der Waals surface area contributed by atoms with Crippen LogP contribution in [0.25, 0.3) is 0 Å². The Morgan fingerprint density at radius 3 is 2.67 bits per heavy atom. The summed E-state index contributed by atoms with van der Waals surface area (Å²) in [6.45, 7) is 8.39. The molecule has 0 radical (unpaired) electrons. The van der Waals surface area contributed by atoms with Gasteiger partial charge in [-0.3, -0.25) is 9.69 Å². The fourth-order valence-electron chi connectivity index (χ4n) is 3.61. The predicted molar refractivity (Wildman–Crippen MR) is 87.2 cm³/mol. The second-order valence-corrected chi connectivity index (χ2v) is 6.74. The molecule has 1 fully saturated rings. The lowest BCUT2D eigenvalue weighted by atomic mass is 9.80. The summed E-state index contributed by atoms with van der Waals surface area (Å²) >= 11 is 0. The largest absolute Gasteiger partial charge is 0.358 e. The van der Waals surface area contributed by atoms with Crippen molar-refractivity contribution in [3.05, 3.63) is 11.6 Å². The number of carbonyl (C=O) groups is 1. The van der Waals surface area contributed by atoms with E-state index in [-0.39, 0.29) is 5.91 Å². The van der Waals surface area contributed by atoms with Crippen LogP contribution in [0.5, 0.6) is 0 Å². The summed E-state index contributed by atoms with van der Waals surface area (Å²) in [5, 5.41) is 6.47. The van der Waals surface area contributed by atoms with Crippen molar-refractivity contribution in [1.29, 1.82) is 0 Å². The van der Waals surface area contributed by atoms with Crippen molar-refractivity contribution in [2.45, 2.75) is 45.6 Å². The number of piperidine rings is 1. The summed E-state index contributed by atoms with van der Waals surface area (Å²) < 4.78 is 0. The van der Waals surface area contributed by atoms with Gasteiger partial charge >= 0.3 is 0 Å². The molecule has 1 heterocycles. The topological polar surface area (TPSA) is 44.4 Å². The molecule has 0 aromatic heterocycles. The lowest BCUT2D eigenvalue weighted by Crippen LogP contribution is -2.47. The molecule has 2 rings (SSSR count). The quantitative estimate of drug-likeness (QED) is 0.760. The Labute approximate surface area is 129 Å². The van der Waals surface area contributed by atoms with Crippen molar-refractivity contribution in [2.24, 2.45) is 11.8 Å². The standard InChI is InChI=1S/C17H31N3O/c1-13-5-4-6-14(2)16(13)11-19-15-7-9-20(10-8-15)12-17(21)18-3/h5,14-16,19H,4,6-12H2,1-3H3,(H,18,21)/t14-,16+/m0/s1. The zero-order chi connectivity index (χ0) is 15.2. The van der Waals surface area contributed by atoms with Gasteiger partial charge in [-0.05, 0) is 44.4 Å². The van der Waals surface area contributed by atoms with Gasteiger partial charge in [0, 0.05) is 32.7 Å². The predicted octanol–water partition coefficient (Wildman–Crippen LogP) is 1.78. The lowest BCUT2D eigenvalue weighted by Gasteiger charge is -2.35. The Balaban J connectivity index is 1.70. The van der Waals surface area contributed by atoms with Gasteiger partial charge in [0.1, 0.15) is 0 Å². The first kappa shape index (κ1) is 16.5. The van der Waals surface area contributed by atoms with Crippen LogP contribution in [0.4, 0.5) is 0 Å². The molecule has 2 atom stereocenters. The summed E-state index contributed by atoms with van der Waals surface area (Å²) in [6.07, 6.45) is 7.30. The highest BCUT2D eigenvalue weighted by Gasteiger charge is 2.25. The van der Waals surface area contributed by atoms with Crippen LogP contribution in [-0.2, 0) is 4.79 Å². The molecule has 0 bridgehead atoms. The van der Waals surface area contributed by atoms with Crippen LogP contribution in [0.2, 0.25) is 0 Å². The van der Waals surface area contributed by atoms with Crippen molar-refractivity contribution in [1.82, 2.24) is 15.5 Å². The number of carbonyl (C=O) groups excluding carboxylic acids is 1. The summed E-state index contributed by atoms with van der Waals surface area (Å²) in [4.78, 5) is 13.6. The number of nitrogens with zero attached hydrogens (tertiary/aromatic N) is 1.